The van der Waals surface area contributed by atoms with E-state index in [-0.39, 0.29) is 0 Å². The van der Waals surface area contributed by atoms with Crippen LogP contribution in [0, 0.1) is 0 Å². The van der Waals surface area contributed by atoms with Crippen LogP contribution in [0.2, 0.25) is 0 Å². The van der Waals surface area contributed by atoms with Gasteiger partial charge in [0.15, 0.2) is 0 Å². The molecule has 0 rings (SSSR count). The molecule has 0 aliphatic heterocycles. The maximum atomic E-state index is 9.11. The molecule has 0 amide bonds. The molecule has 4 nitrogen and oxygen atoms in total. The van der Waals surface area contributed by atoms with Gasteiger partial charge in [-0.1, -0.05) is 6.92 Å². The first kappa shape index (κ1) is 12.0. The summed E-state index contributed by atoms with van der Waals surface area (Å²) in [6.07, 6.45) is 0.875. The van der Waals surface area contributed by atoms with Crippen LogP contribution in [0.3, 0.4) is 0 Å². The van der Waals surface area contributed by atoms with E-state index in [1.54, 1.807) is 0 Å². The largest absolute Gasteiger partial charge is 0.396 e. The Morgan fingerprint density at radius 1 is 1.56 bits per heavy atom. The van der Waals surface area contributed by atoms with E-state index in [1.165, 1.54) is 0 Å². The fraction of sp³-hybridized carbons (Fsp3) is 1.00. The van der Waals surface area contributed by atoms with E-state index in [9.17, 15) is 0 Å². The van der Waals surface area contributed by atoms with Crippen LogP contribution in [0.5, 0.6) is 0 Å². The molecule has 0 saturated carbocycles. The third kappa shape index (κ3) is 206. The van der Waals surface area contributed by atoms with Crippen LogP contribution >= 0.6 is 0 Å². The molecule has 0 saturated heterocycles. The van der Waals surface area contributed by atoms with E-state index in [0.29, 0.717) is 6.61 Å². The molecule has 0 aromatic heterocycles. The normalized spacial score (nSPS) is 9.78. The second-order valence-corrected chi connectivity index (χ2v) is 3.37. The molecule has 9 heavy (non-hydrogen) atoms. The third-order valence-electron chi connectivity index (χ3n) is 0.224. The second-order valence-electron chi connectivity index (χ2n) is 1.17. The van der Waals surface area contributed by atoms with Gasteiger partial charge in [-0.05, 0) is 6.42 Å². The van der Waals surface area contributed by atoms with Crippen LogP contribution in [0.1, 0.15) is 13.3 Å². The molecule has 0 radical (unpaired) electrons. The fourth-order valence-electron chi connectivity index (χ4n) is 0. The molecule has 0 bridgehead atoms. The second kappa shape index (κ2) is 6.37. The van der Waals surface area contributed by atoms with Gasteiger partial charge in [0, 0.05) is 17.8 Å². The molecule has 6 heteroatoms. The van der Waals surface area contributed by atoms with E-state index >= 15 is 0 Å². The van der Waals surface area contributed by atoms with Crippen LogP contribution in [-0.4, -0.2) is 25.0 Å². The van der Waals surface area contributed by atoms with Crippen molar-refractivity contribution in [3.8, 4) is 0 Å². The lowest BCUT2D eigenvalue weighted by Gasteiger charge is -1.73. The SMILES string of the molecule is CCCO.O=S(O)(O)=S. The van der Waals surface area contributed by atoms with Gasteiger partial charge in [-0.15, -0.1) is 0 Å². The molecule has 0 aromatic rings. The average molecular weight is 174 g/mol. The van der Waals surface area contributed by atoms with Crippen molar-refractivity contribution in [2.45, 2.75) is 13.3 Å². The van der Waals surface area contributed by atoms with Gasteiger partial charge in [-0.2, -0.15) is 4.21 Å². The molecule has 0 atom stereocenters. The van der Waals surface area contributed by atoms with Gasteiger partial charge >= 0.3 is 0 Å². The van der Waals surface area contributed by atoms with Crippen molar-refractivity contribution < 1.29 is 18.4 Å². The van der Waals surface area contributed by atoms with Crippen LogP contribution in [0.4, 0.5) is 0 Å². The predicted molar refractivity (Wildman–Crippen MR) is 38.1 cm³/mol. The Hall–Kier alpha value is 0.250. The minimum absolute atomic E-state index is 0.319. The van der Waals surface area contributed by atoms with Gasteiger partial charge in [0.25, 0.3) is 9.05 Å². The molecule has 0 unspecified atom stereocenters. The van der Waals surface area contributed by atoms with Crippen molar-refractivity contribution in [2.75, 3.05) is 6.61 Å². The molecule has 0 fully saturated rings. The monoisotopic (exact) mass is 174 g/mol. The van der Waals surface area contributed by atoms with Crippen molar-refractivity contribution >= 4 is 20.2 Å². The Labute approximate surface area is 59.2 Å². The maximum absolute atomic E-state index is 9.11. The lowest BCUT2D eigenvalue weighted by atomic mass is 10.5. The van der Waals surface area contributed by atoms with Crippen molar-refractivity contribution in [3.63, 3.8) is 0 Å². The molecule has 0 heterocycles. The zero-order valence-corrected chi connectivity index (χ0v) is 6.61. The summed E-state index contributed by atoms with van der Waals surface area (Å²) in [5.41, 5.74) is 0. The van der Waals surface area contributed by atoms with Crippen LogP contribution in [-0.2, 0) is 20.2 Å². The first-order valence-electron chi connectivity index (χ1n) is 2.22. The summed E-state index contributed by atoms with van der Waals surface area (Å²) in [7, 11) is -3.83. The highest BCUT2D eigenvalue weighted by Gasteiger charge is 1.78. The average Bonchev–Trinajstić information content (AvgIpc) is 1.61. The van der Waals surface area contributed by atoms with Crippen molar-refractivity contribution in [1.29, 1.82) is 0 Å². The number of hydrogen-bond acceptors (Lipinski definition) is 3. The first-order valence-corrected chi connectivity index (χ1v) is 4.62. The molecule has 0 spiro atoms. The number of aliphatic hydroxyl groups is 1. The summed E-state index contributed by atoms with van der Waals surface area (Å²) in [5, 5.41) is 7.88. The van der Waals surface area contributed by atoms with Gasteiger partial charge in [0.05, 0.1) is 0 Å². The summed E-state index contributed by atoms with van der Waals surface area (Å²) in [4.78, 5) is 0. The molecule has 0 aromatic carbocycles. The standard InChI is InChI=1S/C3H8O.H2O3S2/c1-2-3-4;1-5(2,3)4/h4H,2-3H2,1H3;(H2,1,2,3,4). The Morgan fingerprint density at radius 3 is 1.67 bits per heavy atom. The first-order chi connectivity index (χ1) is 3.91. The van der Waals surface area contributed by atoms with Crippen molar-refractivity contribution in [3.05, 3.63) is 0 Å². The third-order valence-corrected chi connectivity index (χ3v) is 0.224. The zero-order chi connectivity index (χ0) is 7.91. The summed E-state index contributed by atoms with van der Waals surface area (Å²) < 4.78 is 24.0. The van der Waals surface area contributed by atoms with Crippen LogP contribution < -0.4 is 0 Å². The molecule has 58 valence electrons. The van der Waals surface area contributed by atoms with Crippen LogP contribution in [0.25, 0.3) is 0 Å². The van der Waals surface area contributed by atoms with E-state index in [4.69, 9.17) is 18.4 Å². The summed E-state index contributed by atoms with van der Waals surface area (Å²) in [6.45, 7) is 2.25. The van der Waals surface area contributed by atoms with E-state index < -0.39 is 9.05 Å². The van der Waals surface area contributed by atoms with Gasteiger partial charge in [-0.3, -0.25) is 9.11 Å². The minimum atomic E-state index is -3.83. The smallest absolute Gasteiger partial charge is 0.263 e. The highest BCUT2D eigenvalue weighted by molar-refractivity contribution is 8.26. The Kier molecular flexibility index (Phi) is 8.48. The topological polar surface area (TPSA) is 77.8 Å². The molecule has 3 N–H and O–H groups in total. The molecular weight excluding hydrogens is 164 g/mol. The van der Waals surface area contributed by atoms with Crippen molar-refractivity contribution in [2.24, 2.45) is 0 Å². The summed E-state index contributed by atoms with van der Waals surface area (Å²) in [5.74, 6) is 0. The van der Waals surface area contributed by atoms with Gasteiger partial charge in [-0.25, -0.2) is 0 Å². The fourth-order valence-corrected chi connectivity index (χ4v) is 0. The Bertz CT molecular complexity index is 117. The number of rotatable bonds is 1. The Balaban J connectivity index is 0. The van der Waals surface area contributed by atoms with Gasteiger partial charge in [0.1, 0.15) is 0 Å². The van der Waals surface area contributed by atoms with E-state index in [1.807, 2.05) is 6.92 Å². The van der Waals surface area contributed by atoms with Gasteiger partial charge in [0.2, 0.25) is 0 Å². The van der Waals surface area contributed by atoms with Crippen LogP contribution in [0.15, 0.2) is 0 Å². The summed E-state index contributed by atoms with van der Waals surface area (Å²) in [6, 6.07) is 0. The minimum Gasteiger partial charge on any atom is -0.396 e. The highest BCUT2D eigenvalue weighted by Crippen LogP contribution is 1.62. The predicted octanol–water partition coefficient (Wildman–Crippen LogP) is 0.0674. The Morgan fingerprint density at radius 2 is 1.67 bits per heavy atom. The quantitative estimate of drug-likeness (QED) is 0.524. The maximum Gasteiger partial charge on any atom is 0.263 e. The molecular formula is C3H10O4S2. The van der Waals surface area contributed by atoms with Crippen molar-refractivity contribution in [1.82, 2.24) is 0 Å². The number of aliphatic hydroxyl groups excluding tert-OH is 1. The summed E-state index contributed by atoms with van der Waals surface area (Å²) >= 11 is 3.47. The van der Waals surface area contributed by atoms with Gasteiger partial charge < -0.3 is 5.11 Å². The lowest BCUT2D eigenvalue weighted by Crippen LogP contribution is -1.86. The number of hydrogen-bond donors (Lipinski definition) is 3. The zero-order valence-electron chi connectivity index (χ0n) is 4.98. The molecule has 0 aliphatic rings. The highest BCUT2D eigenvalue weighted by atomic mass is 32.9. The molecule has 0 aliphatic carbocycles. The lowest BCUT2D eigenvalue weighted by molar-refractivity contribution is 0.295. The van der Waals surface area contributed by atoms with E-state index in [2.05, 4.69) is 11.2 Å². The van der Waals surface area contributed by atoms with E-state index in [0.717, 1.165) is 6.42 Å².